The van der Waals surface area contributed by atoms with Gasteiger partial charge in [-0.25, -0.2) is 0 Å². The molecular formula is C13H20O3. The second kappa shape index (κ2) is 4.95. The first-order valence-electron chi connectivity index (χ1n) is 5.29. The van der Waals surface area contributed by atoms with E-state index in [0.29, 0.717) is 0 Å². The van der Waals surface area contributed by atoms with E-state index in [2.05, 4.69) is 0 Å². The van der Waals surface area contributed by atoms with Crippen molar-refractivity contribution in [2.24, 2.45) is 0 Å². The number of hydrogen-bond acceptors (Lipinski definition) is 3. The van der Waals surface area contributed by atoms with Crippen LogP contribution in [0.4, 0.5) is 0 Å². The smallest absolute Gasteiger partial charge is 0.189 e. The lowest BCUT2D eigenvalue weighted by molar-refractivity contribution is -0.213. The van der Waals surface area contributed by atoms with Crippen LogP contribution in [0.25, 0.3) is 0 Å². The van der Waals surface area contributed by atoms with Gasteiger partial charge in [0.25, 0.3) is 0 Å². The lowest BCUT2D eigenvalue weighted by Gasteiger charge is -2.32. The molecule has 0 heterocycles. The highest BCUT2D eigenvalue weighted by atomic mass is 16.7. The SMILES string of the molecule is COC(OC)C(C)(O)c1cccc(C)c1C. The second-order valence-electron chi connectivity index (χ2n) is 4.20. The largest absolute Gasteiger partial charge is 0.380 e. The third-order valence-electron chi connectivity index (χ3n) is 3.04. The highest BCUT2D eigenvalue weighted by molar-refractivity contribution is 5.37. The van der Waals surface area contributed by atoms with Crippen LogP contribution < -0.4 is 0 Å². The number of methoxy groups -OCH3 is 2. The molecule has 0 saturated carbocycles. The number of ether oxygens (including phenoxy) is 2. The fourth-order valence-electron chi connectivity index (χ4n) is 1.98. The fraction of sp³-hybridized carbons (Fsp3) is 0.538. The Hall–Kier alpha value is -0.900. The maximum Gasteiger partial charge on any atom is 0.189 e. The first-order valence-corrected chi connectivity index (χ1v) is 5.29. The van der Waals surface area contributed by atoms with E-state index < -0.39 is 11.9 Å². The first-order chi connectivity index (χ1) is 7.45. The summed E-state index contributed by atoms with van der Waals surface area (Å²) in [5.74, 6) is 0. The summed E-state index contributed by atoms with van der Waals surface area (Å²) in [5.41, 5.74) is 1.89. The maximum atomic E-state index is 10.5. The molecule has 0 radical (unpaired) electrons. The van der Waals surface area contributed by atoms with Crippen LogP contribution in [-0.2, 0) is 15.1 Å². The normalized spacial score (nSPS) is 15.2. The molecule has 0 amide bonds. The molecule has 0 aliphatic carbocycles. The summed E-state index contributed by atoms with van der Waals surface area (Å²) >= 11 is 0. The summed E-state index contributed by atoms with van der Waals surface area (Å²) in [6.07, 6.45) is -0.673. The Morgan fingerprint density at radius 3 is 2.25 bits per heavy atom. The Labute approximate surface area is 97.0 Å². The zero-order valence-electron chi connectivity index (χ0n) is 10.6. The number of aliphatic hydroxyl groups is 1. The van der Waals surface area contributed by atoms with Gasteiger partial charge in [-0.05, 0) is 37.5 Å². The van der Waals surface area contributed by atoms with E-state index in [0.717, 1.165) is 16.7 Å². The van der Waals surface area contributed by atoms with Gasteiger partial charge in [0, 0.05) is 14.2 Å². The molecule has 0 aromatic heterocycles. The van der Waals surface area contributed by atoms with E-state index in [9.17, 15) is 5.11 Å². The minimum atomic E-state index is -1.15. The molecule has 0 fully saturated rings. The van der Waals surface area contributed by atoms with Crippen molar-refractivity contribution in [2.75, 3.05) is 14.2 Å². The quantitative estimate of drug-likeness (QED) is 0.796. The molecule has 1 rings (SSSR count). The van der Waals surface area contributed by atoms with Gasteiger partial charge in [0.2, 0.25) is 0 Å². The zero-order chi connectivity index (χ0) is 12.3. The minimum absolute atomic E-state index is 0.673. The van der Waals surface area contributed by atoms with Crippen LogP contribution in [0.2, 0.25) is 0 Å². The van der Waals surface area contributed by atoms with Crippen molar-refractivity contribution in [3.8, 4) is 0 Å². The van der Waals surface area contributed by atoms with Crippen molar-refractivity contribution < 1.29 is 14.6 Å². The second-order valence-corrected chi connectivity index (χ2v) is 4.20. The van der Waals surface area contributed by atoms with Gasteiger partial charge in [-0.2, -0.15) is 0 Å². The van der Waals surface area contributed by atoms with Crippen LogP contribution in [-0.4, -0.2) is 25.6 Å². The predicted octanol–water partition coefficient (Wildman–Crippen LogP) is 2.13. The lowest BCUT2D eigenvalue weighted by Crippen LogP contribution is -2.40. The molecule has 1 aromatic rings. The van der Waals surface area contributed by atoms with Gasteiger partial charge in [-0.15, -0.1) is 0 Å². The minimum Gasteiger partial charge on any atom is -0.380 e. The van der Waals surface area contributed by atoms with Crippen molar-refractivity contribution in [3.63, 3.8) is 0 Å². The Balaban J connectivity index is 3.20. The molecule has 3 heteroatoms. The van der Waals surface area contributed by atoms with E-state index >= 15 is 0 Å². The van der Waals surface area contributed by atoms with Crippen LogP contribution >= 0.6 is 0 Å². The Morgan fingerprint density at radius 2 is 1.75 bits per heavy atom. The van der Waals surface area contributed by atoms with E-state index in [1.165, 1.54) is 14.2 Å². The molecule has 1 aromatic carbocycles. The summed E-state index contributed by atoms with van der Waals surface area (Å²) in [6.45, 7) is 5.71. The van der Waals surface area contributed by atoms with Gasteiger partial charge >= 0.3 is 0 Å². The number of rotatable bonds is 4. The van der Waals surface area contributed by atoms with Gasteiger partial charge in [-0.3, -0.25) is 0 Å². The monoisotopic (exact) mass is 224 g/mol. The van der Waals surface area contributed by atoms with Gasteiger partial charge in [-0.1, -0.05) is 18.2 Å². The van der Waals surface area contributed by atoms with E-state index in [1.807, 2.05) is 32.0 Å². The van der Waals surface area contributed by atoms with Crippen LogP contribution in [0.15, 0.2) is 18.2 Å². The number of hydrogen-bond donors (Lipinski definition) is 1. The summed E-state index contributed by atoms with van der Waals surface area (Å²) in [4.78, 5) is 0. The molecule has 1 atom stereocenters. The van der Waals surface area contributed by atoms with Gasteiger partial charge in [0.15, 0.2) is 6.29 Å². The van der Waals surface area contributed by atoms with Crippen LogP contribution in [0.5, 0.6) is 0 Å². The highest BCUT2D eigenvalue weighted by Crippen LogP contribution is 2.30. The molecule has 0 bridgehead atoms. The lowest BCUT2D eigenvalue weighted by atomic mass is 9.89. The molecule has 0 aliphatic heterocycles. The third-order valence-corrected chi connectivity index (χ3v) is 3.04. The average molecular weight is 224 g/mol. The first kappa shape index (κ1) is 13.2. The van der Waals surface area contributed by atoms with Crippen LogP contribution in [0.1, 0.15) is 23.6 Å². The van der Waals surface area contributed by atoms with E-state index in [-0.39, 0.29) is 0 Å². The van der Waals surface area contributed by atoms with E-state index in [4.69, 9.17) is 9.47 Å². The standard InChI is InChI=1S/C13H20O3/c1-9-7-6-8-11(10(9)2)13(3,14)12(15-4)16-5/h6-8,12,14H,1-5H3. The molecule has 0 spiro atoms. The average Bonchev–Trinajstić information content (AvgIpc) is 2.23. The molecule has 1 N–H and O–H groups in total. The molecular weight excluding hydrogens is 204 g/mol. The number of benzene rings is 1. The predicted molar refractivity (Wildman–Crippen MR) is 63.3 cm³/mol. The molecule has 0 saturated heterocycles. The summed E-state index contributed by atoms with van der Waals surface area (Å²) in [6, 6.07) is 5.84. The van der Waals surface area contributed by atoms with Crippen LogP contribution in [0, 0.1) is 13.8 Å². The molecule has 0 aliphatic rings. The van der Waals surface area contributed by atoms with Crippen molar-refractivity contribution in [3.05, 3.63) is 34.9 Å². The fourth-order valence-corrected chi connectivity index (χ4v) is 1.98. The zero-order valence-corrected chi connectivity index (χ0v) is 10.6. The Bertz CT molecular complexity index is 354. The molecule has 3 nitrogen and oxygen atoms in total. The third kappa shape index (κ3) is 2.26. The van der Waals surface area contributed by atoms with E-state index in [1.54, 1.807) is 6.92 Å². The van der Waals surface area contributed by atoms with Crippen molar-refractivity contribution in [1.82, 2.24) is 0 Å². The molecule has 90 valence electrons. The van der Waals surface area contributed by atoms with Crippen molar-refractivity contribution in [1.29, 1.82) is 0 Å². The number of aryl methyl sites for hydroxylation is 1. The van der Waals surface area contributed by atoms with Gasteiger partial charge < -0.3 is 14.6 Å². The Kier molecular flexibility index (Phi) is 4.08. The van der Waals surface area contributed by atoms with Crippen molar-refractivity contribution >= 4 is 0 Å². The highest BCUT2D eigenvalue weighted by Gasteiger charge is 2.35. The van der Waals surface area contributed by atoms with Gasteiger partial charge in [0.05, 0.1) is 0 Å². The van der Waals surface area contributed by atoms with Crippen LogP contribution in [0.3, 0.4) is 0 Å². The van der Waals surface area contributed by atoms with Gasteiger partial charge in [0.1, 0.15) is 5.60 Å². The van der Waals surface area contributed by atoms with Crippen molar-refractivity contribution in [2.45, 2.75) is 32.7 Å². The topological polar surface area (TPSA) is 38.7 Å². The summed E-state index contributed by atoms with van der Waals surface area (Å²) in [7, 11) is 3.04. The summed E-state index contributed by atoms with van der Waals surface area (Å²) in [5, 5.41) is 10.5. The molecule has 1 unspecified atom stereocenters. The maximum absolute atomic E-state index is 10.5. The Morgan fingerprint density at radius 1 is 1.19 bits per heavy atom. The molecule has 16 heavy (non-hydrogen) atoms. The summed E-state index contributed by atoms with van der Waals surface area (Å²) < 4.78 is 10.3.